The number of hydrogen-bond donors (Lipinski definition) is 1. The number of rotatable bonds is 4. The molecule has 3 aromatic rings. The summed E-state index contributed by atoms with van der Waals surface area (Å²) in [5.74, 6) is 0.0724. The van der Waals surface area contributed by atoms with E-state index in [0.717, 1.165) is 20.8 Å². The zero-order valence-corrected chi connectivity index (χ0v) is 16.5. The second kappa shape index (κ2) is 7.41. The molecule has 1 atom stereocenters. The molecule has 0 spiro atoms. The number of para-hydroxylation sites is 1. The van der Waals surface area contributed by atoms with E-state index >= 15 is 0 Å². The van der Waals surface area contributed by atoms with Gasteiger partial charge in [0, 0.05) is 13.2 Å². The molecule has 140 valence electrons. The number of amides is 1. The molecule has 5 heteroatoms. The number of aryl methyl sites for hydroxylation is 1. The van der Waals surface area contributed by atoms with E-state index in [2.05, 4.69) is 36.5 Å². The van der Waals surface area contributed by atoms with Gasteiger partial charge in [-0.15, -0.1) is 11.3 Å². The highest BCUT2D eigenvalue weighted by Gasteiger charge is 2.42. The summed E-state index contributed by atoms with van der Waals surface area (Å²) in [5.41, 5.74) is 2.71. The second-order valence-electron chi connectivity index (χ2n) is 7.28. The number of thiazole rings is 1. The zero-order valence-electron chi connectivity index (χ0n) is 15.7. The van der Waals surface area contributed by atoms with Crippen molar-refractivity contribution in [2.75, 3.05) is 13.2 Å². The fourth-order valence-electron chi connectivity index (χ4n) is 3.78. The molecule has 1 N–H and O–H groups in total. The van der Waals surface area contributed by atoms with Gasteiger partial charge in [-0.25, -0.2) is 4.98 Å². The van der Waals surface area contributed by atoms with Crippen molar-refractivity contribution in [3.05, 3.63) is 64.7 Å². The van der Waals surface area contributed by atoms with Gasteiger partial charge in [0.2, 0.25) is 5.91 Å². The van der Waals surface area contributed by atoms with Crippen molar-refractivity contribution in [2.24, 2.45) is 0 Å². The Balaban J connectivity index is 1.61. The van der Waals surface area contributed by atoms with Crippen molar-refractivity contribution in [3.8, 4) is 0 Å². The van der Waals surface area contributed by atoms with Crippen molar-refractivity contribution in [2.45, 2.75) is 38.1 Å². The first-order valence-corrected chi connectivity index (χ1v) is 10.2. The number of carbonyl (C=O) groups excluding carboxylic acids is 1. The Morgan fingerprint density at radius 2 is 1.96 bits per heavy atom. The third kappa shape index (κ3) is 3.49. The van der Waals surface area contributed by atoms with E-state index in [9.17, 15) is 4.79 Å². The largest absolute Gasteiger partial charge is 0.381 e. The first-order chi connectivity index (χ1) is 13.1. The van der Waals surface area contributed by atoms with Gasteiger partial charge in [-0.1, -0.05) is 42.0 Å². The number of fused-ring (bicyclic) bond motifs is 1. The van der Waals surface area contributed by atoms with E-state index in [1.807, 2.05) is 31.2 Å². The smallest absolute Gasteiger partial charge is 0.231 e. The monoisotopic (exact) mass is 380 g/mol. The first kappa shape index (κ1) is 18.1. The van der Waals surface area contributed by atoms with Crippen LogP contribution in [-0.2, 0) is 14.9 Å². The molecule has 0 unspecified atom stereocenters. The third-order valence-corrected chi connectivity index (χ3v) is 6.60. The lowest BCUT2D eigenvalue weighted by atomic mass is 9.73. The molecule has 0 bridgehead atoms. The molecule has 0 radical (unpaired) electrons. The van der Waals surface area contributed by atoms with Crippen molar-refractivity contribution in [3.63, 3.8) is 0 Å². The van der Waals surface area contributed by atoms with Crippen molar-refractivity contribution in [1.29, 1.82) is 0 Å². The summed E-state index contributed by atoms with van der Waals surface area (Å²) in [7, 11) is 0. The van der Waals surface area contributed by atoms with E-state index < -0.39 is 5.41 Å². The normalized spacial score (nSPS) is 17.6. The van der Waals surface area contributed by atoms with Gasteiger partial charge in [0.25, 0.3) is 0 Å². The van der Waals surface area contributed by atoms with Crippen LogP contribution >= 0.6 is 11.3 Å². The summed E-state index contributed by atoms with van der Waals surface area (Å²) < 4.78 is 6.71. The summed E-state index contributed by atoms with van der Waals surface area (Å²) in [6.07, 6.45) is 1.41. The fourth-order valence-corrected chi connectivity index (χ4v) is 4.75. The average Bonchev–Trinajstić information content (AvgIpc) is 3.13. The SMILES string of the molecule is Cc1cccc(C2(C(=O)N[C@H](C)c3nc4ccccc4s3)CCOCC2)c1. The third-order valence-electron chi connectivity index (χ3n) is 5.38. The molecule has 1 amide bonds. The Hall–Kier alpha value is -2.24. The van der Waals surface area contributed by atoms with E-state index in [-0.39, 0.29) is 11.9 Å². The van der Waals surface area contributed by atoms with Crippen LogP contribution in [0.2, 0.25) is 0 Å². The Morgan fingerprint density at radius 3 is 2.70 bits per heavy atom. The molecular weight excluding hydrogens is 356 g/mol. The van der Waals surface area contributed by atoms with E-state index in [1.54, 1.807) is 11.3 Å². The minimum Gasteiger partial charge on any atom is -0.381 e. The lowest BCUT2D eigenvalue weighted by molar-refractivity contribution is -0.131. The number of nitrogens with one attached hydrogen (secondary N) is 1. The molecule has 1 aromatic heterocycles. The number of aromatic nitrogens is 1. The van der Waals surface area contributed by atoms with Crippen LogP contribution in [0, 0.1) is 6.92 Å². The van der Waals surface area contributed by atoms with Crippen molar-refractivity contribution < 1.29 is 9.53 Å². The number of hydrogen-bond acceptors (Lipinski definition) is 4. The van der Waals surface area contributed by atoms with Crippen molar-refractivity contribution >= 4 is 27.5 Å². The van der Waals surface area contributed by atoms with Crippen LogP contribution in [-0.4, -0.2) is 24.1 Å². The predicted octanol–water partition coefficient (Wildman–Crippen LogP) is 4.53. The highest BCUT2D eigenvalue weighted by atomic mass is 32.1. The predicted molar refractivity (Wildman–Crippen MR) is 109 cm³/mol. The van der Waals surface area contributed by atoms with Gasteiger partial charge in [0.15, 0.2) is 0 Å². The topological polar surface area (TPSA) is 51.2 Å². The molecule has 0 aliphatic carbocycles. The second-order valence-corrected chi connectivity index (χ2v) is 8.34. The lowest BCUT2D eigenvalue weighted by Crippen LogP contribution is -2.48. The Labute approximate surface area is 163 Å². The van der Waals surface area contributed by atoms with Crippen LogP contribution in [0.5, 0.6) is 0 Å². The Bertz CT molecular complexity index is 927. The quantitative estimate of drug-likeness (QED) is 0.723. The van der Waals surface area contributed by atoms with Gasteiger partial charge >= 0.3 is 0 Å². The molecule has 4 nitrogen and oxygen atoms in total. The van der Waals surface area contributed by atoms with Crippen LogP contribution in [0.15, 0.2) is 48.5 Å². The molecule has 2 aromatic carbocycles. The Kier molecular flexibility index (Phi) is 4.98. The summed E-state index contributed by atoms with van der Waals surface area (Å²) in [5, 5.41) is 4.18. The number of ether oxygens (including phenoxy) is 1. The molecule has 1 aliphatic heterocycles. The fraction of sp³-hybridized carbons (Fsp3) is 0.364. The van der Waals surface area contributed by atoms with E-state index in [1.165, 1.54) is 5.56 Å². The molecule has 1 saturated heterocycles. The maximum absolute atomic E-state index is 13.4. The van der Waals surface area contributed by atoms with Crippen LogP contribution in [0.3, 0.4) is 0 Å². The van der Waals surface area contributed by atoms with Crippen LogP contribution < -0.4 is 5.32 Å². The molecule has 2 heterocycles. The average molecular weight is 381 g/mol. The van der Waals surface area contributed by atoms with Crippen LogP contribution in [0.25, 0.3) is 10.2 Å². The lowest BCUT2D eigenvalue weighted by Gasteiger charge is -2.37. The van der Waals surface area contributed by atoms with Gasteiger partial charge in [0.1, 0.15) is 5.01 Å². The molecule has 4 rings (SSSR count). The first-order valence-electron chi connectivity index (χ1n) is 9.40. The Morgan fingerprint density at radius 1 is 1.19 bits per heavy atom. The van der Waals surface area contributed by atoms with E-state index in [0.29, 0.717) is 26.1 Å². The highest BCUT2D eigenvalue weighted by Crippen LogP contribution is 2.36. The summed E-state index contributed by atoms with van der Waals surface area (Å²) in [4.78, 5) is 18.1. The van der Waals surface area contributed by atoms with Gasteiger partial charge in [0.05, 0.1) is 21.7 Å². The summed E-state index contributed by atoms with van der Waals surface area (Å²) in [6, 6.07) is 16.3. The van der Waals surface area contributed by atoms with Gasteiger partial charge in [-0.05, 0) is 44.4 Å². The summed E-state index contributed by atoms with van der Waals surface area (Å²) in [6.45, 7) is 5.30. The minimum atomic E-state index is -0.533. The molecule has 1 aliphatic rings. The van der Waals surface area contributed by atoms with Gasteiger partial charge in [-0.3, -0.25) is 4.79 Å². The van der Waals surface area contributed by atoms with Gasteiger partial charge in [-0.2, -0.15) is 0 Å². The maximum Gasteiger partial charge on any atom is 0.231 e. The molecular formula is C22H24N2O2S. The molecule has 0 saturated carbocycles. The minimum absolute atomic E-state index is 0.0724. The number of carbonyl (C=O) groups is 1. The number of nitrogens with zero attached hydrogens (tertiary/aromatic N) is 1. The van der Waals surface area contributed by atoms with Crippen molar-refractivity contribution in [1.82, 2.24) is 10.3 Å². The highest BCUT2D eigenvalue weighted by molar-refractivity contribution is 7.18. The molecule has 1 fully saturated rings. The van der Waals surface area contributed by atoms with Crippen LogP contribution in [0.4, 0.5) is 0 Å². The summed E-state index contributed by atoms with van der Waals surface area (Å²) >= 11 is 1.64. The van der Waals surface area contributed by atoms with Crippen LogP contribution in [0.1, 0.15) is 41.9 Å². The van der Waals surface area contributed by atoms with Gasteiger partial charge < -0.3 is 10.1 Å². The molecule has 27 heavy (non-hydrogen) atoms. The zero-order chi connectivity index (χ0) is 18.9. The standard InChI is InChI=1S/C22H24N2O2S/c1-15-6-5-7-17(14-15)22(10-12-26-13-11-22)21(25)23-16(2)20-24-18-8-3-4-9-19(18)27-20/h3-9,14,16H,10-13H2,1-2H3,(H,23,25)/t16-/m1/s1. The number of benzene rings is 2. The maximum atomic E-state index is 13.4. The van der Waals surface area contributed by atoms with E-state index in [4.69, 9.17) is 9.72 Å².